The molecule has 1 aromatic carbocycles. The zero-order valence-electron chi connectivity index (χ0n) is 8.42. The summed E-state index contributed by atoms with van der Waals surface area (Å²) in [6, 6.07) is 11.6. The summed E-state index contributed by atoms with van der Waals surface area (Å²) in [5, 5.41) is 0.911. The summed E-state index contributed by atoms with van der Waals surface area (Å²) in [7, 11) is 0. The number of nitrogens with zero attached hydrogens (tertiary/aromatic N) is 2. The highest BCUT2D eigenvalue weighted by atomic mass is 32.1. The standard InChI is InChI=1S/C12H9N3S/c13-8-4-3-6-9-11(8)16-12(15-9)10-5-1-2-7-14-10/h1-7H,13H2. The number of aromatic nitrogens is 2. The first-order valence-electron chi connectivity index (χ1n) is 4.91. The number of rotatable bonds is 1. The van der Waals surface area contributed by atoms with E-state index in [2.05, 4.69) is 9.97 Å². The molecular weight excluding hydrogens is 218 g/mol. The fraction of sp³-hybridized carbons (Fsp3) is 0. The highest BCUT2D eigenvalue weighted by Crippen LogP contribution is 2.32. The molecule has 0 amide bonds. The maximum Gasteiger partial charge on any atom is 0.143 e. The van der Waals surface area contributed by atoms with Gasteiger partial charge in [0.05, 0.1) is 21.6 Å². The summed E-state index contributed by atoms with van der Waals surface area (Å²) in [5.74, 6) is 0. The molecule has 0 saturated heterocycles. The largest absolute Gasteiger partial charge is 0.398 e. The summed E-state index contributed by atoms with van der Waals surface area (Å²) >= 11 is 1.58. The minimum atomic E-state index is 0.775. The van der Waals surface area contributed by atoms with Crippen molar-refractivity contribution >= 4 is 27.2 Å². The van der Waals surface area contributed by atoms with Gasteiger partial charge in [0.2, 0.25) is 0 Å². The van der Waals surface area contributed by atoms with Crippen LogP contribution in [-0.2, 0) is 0 Å². The Hall–Kier alpha value is -1.94. The number of hydrogen-bond donors (Lipinski definition) is 1. The lowest BCUT2D eigenvalue weighted by Gasteiger charge is -1.91. The lowest BCUT2D eigenvalue weighted by molar-refractivity contribution is 1.31. The van der Waals surface area contributed by atoms with Gasteiger partial charge in [-0.25, -0.2) is 4.98 Å². The Morgan fingerprint density at radius 1 is 1.06 bits per heavy atom. The molecular formula is C12H9N3S. The van der Waals surface area contributed by atoms with Gasteiger partial charge in [-0.1, -0.05) is 12.1 Å². The van der Waals surface area contributed by atoms with Crippen molar-refractivity contribution in [2.75, 3.05) is 5.73 Å². The first-order valence-corrected chi connectivity index (χ1v) is 5.73. The van der Waals surface area contributed by atoms with Gasteiger partial charge in [-0.3, -0.25) is 4.98 Å². The van der Waals surface area contributed by atoms with E-state index in [1.54, 1.807) is 17.5 Å². The van der Waals surface area contributed by atoms with Crippen molar-refractivity contribution in [3.63, 3.8) is 0 Å². The molecule has 0 aliphatic carbocycles. The second kappa shape index (κ2) is 3.57. The van der Waals surface area contributed by atoms with Crippen LogP contribution < -0.4 is 5.73 Å². The van der Waals surface area contributed by atoms with Crippen LogP contribution in [0, 0.1) is 0 Å². The van der Waals surface area contributed by atoms with Crippen LogP contribution in [-0.4, -0.2) is 9.97 Å². The van der Waals surface area contributed by atoms with Crippen LogP contribution in [0.5, 0.6) is 0 Å². The topological polar surface area (TPSA) is 51.8 Å². The molecule has 0 aliphatic rings. The minimum Gasteiger partial charge on any atom is -0.398 e. The molecule has 0 spiro atoms. The van der Waals surface area contributed by atoms with Gasteiger partial charge < -0.3 is 5.73 Å². The fourth-order valence-corrected chi connectivity index (χ4v) is 2.54. The van der Waals surface area contributed by atoms with Crippen LogP contribution >= 0.6 is 11.3 Å². The molecule has 0 atom stereocenters. The van der Waals surface area contributed by atoms with Gasteiger partial charge in [0, 0.05) is 6.20 Å². The number of anilines is 1. The van der Waals surface area contributed by atoms with Crippen molar-refractivity contribution in [2.24, 2.45) is 0 Å². The molecule has 2 aromatic heterocycles. The molecule has 0 radical (unpaired) electrons. The number of pyridine rings is 1. The van der Waals surface area contributed by atoms with Crippen molar-refractivity contribution in [1.82, 2.24) is 9.97 Å². The lowest BCUT2D eigenvalue weighted by atomic mass is 10.3. The van der Waals surface area contributed by atoms with E-state index in [-0.39, 0.29) is 0 Å². The molecule has 2 N–H and O–H groups in total. The van der Waals surface area contributed by atoms with Crippen molar-refractivity contribution in [3.8, 4) is 10.7 Å². The Bertz CT molecular complexity index is 631. The van der Waals surface area contributed by atoms with Crippen molar-refractivity contribution in [2.45, 2.75) is 0 Å². The first kappa shape index (κ1) is 9.30. The normalized spacial score (nSPS) is 10.8. The lowest BCUT2D eigenvalue weighted by Crippen LogP contribution is -1.82. The van der Waals surface area contributed by atoms with E-state index in [4.69, 9.17) is 5.73 Å². The molecule has 0 bridgehead atoms. The molecule has 2 heterocycles. The highest BCUT2D eigenvalue weighted by Gasteiger charge is 2.08. The third-order valence-corrected chi connectivity index (χ3v) is 3.47. The average Bonchev–Trinajstić information content (AvgIpc) is 2.76. The maximum absolute atomic E-state index is 5.90. The van der Waals surface area contributed by atoms with E-state index in [0.29, 0.717) is 0 Å². The second-order valence-corrected chi connectivity index (χ2v) is 4.43. The number of benzene rings is 1. The Labute approximate surface area is 96.6 Å². The summed E-state index contributed by atoms with van der Waals surface area (Å²) in [4.78, 5) is 8.80. The summed E-state index contributed by atoms with van der Waals surface area (Å²) in [6.45, 7) is 0. The minimum absolute atomic E-state index is 0.775. The molecule has 0 unspecified atom stereocenters. The summed E-state index contributed by atoms with van der Waals surface area (Å²) in [6.07, 6.45) is 1.77. The van der Waals surface area contributed by atoms with E-state index >= 15 is 0 Å². The Morgan fingerprint density at radius 2 is 2.00 bits per heavy atom. The van der Waals surface area contributed by atoms with Gasteiger partial charge in [-0.2, -0.15) is 0 Å². The van der Waals surface area contributed by atoms with Crippen LogP contribution in [0.15, 0.2) is 42.6 Å². The molecule has 0 saturated carbocycles. The average molecular weight is 227 g/mol. The highest BCUT2D eigenvalue weighted by molar-refractivity contribution is 7.22. The Kier molecular flexibility index (Phi) is 2.08. The first-order chi connectivity index (χ1) is 7.84. The number of fused-ring (bicyclic) bond motifs is 1. The zero-order chi connectivity index (χ0) is 11.0. The molecule has 4 heteroatoms. The van der Waals surface area contributed by atoms with Crippen molar-refractivity contribution < 1.29 is 0 Å². The molecule has 16 heavy (non-hydrogen) atoms. The van der Waals surface area contributed by atoms with Crippen molar-refractivity contribution in [1.29, 1.82) is 0 Å². The predicted octanol–water partition coefficient (Wildman–Crippen LogP) is 2.94. The van der Waals surface area contributed by atoms with Gasteiger partial charge in [0.1, 0.15) is 5.01 Å². The van der Waals surface area contributed by atoms with Crippen LogP contribution in [0.2, 0.25) is 0 Å². The van der Waals surface area contributed by atoms with E-state index in [1.165, 1.54) is 0 Å². The van der Waals surface area contributed by atoms with E-state index in [0.717, 1.165) is 26.6 Å². The van der Waals surface area contributed by atoms with Gasteiger partial charge in [-0.05, 0) is 24.3 Å². The number of nitrogens with two attached hydrogens (primary N) is 1. The third kappa shape index (κ3) is 1.44. The Morgan fingerprint density at radius 3 is 2.75 bits per heavy atom. The van der Waals surface area contributed by atoms with Gasteiger partial charge in [0.25, 0.3) is 0 Å². The summed E-state index contributed by atoms with van der Waals surface area (Å²) < 4.78 is 1.03. The van der Waals surface area contributed by atoms with Gasteiger partial charge >= 0.3 is 0 Å². The van der Waals surface area contributed by atoms with Gasteiger partial charge in [-0.15, -0.1) is 11.3 Å². The van der Waals surface area contributed by atoms with E-state index in [9.17, 15) is 0 Å². The van der Waals surface area contributed by atoms with Crippen LogP contribution in [0.25, 0.3) is 20.9 Å². The molecule has 3 nitrogen and oxygen atoms in total. The molecule has 0 aliphatic heterocycles. The van der Waals surface area contributed by atoms with Crippen molar-refractivity contribution in [3.05, 3.63) is 42.6 Å². The monoisotopic (exact) mass is 227 g/mol. The maximum atomic E-state index is 5.90. The van der Waals surface area contributed by atoms with Crippen LogP contribution in [0.1, 0.15) is 0 Å². The predicted molar refractivity (Wildman–Crippen MR) is 67.3 cm³/mol. The molecule has 78 valence electrons. The van der Waals surface area contributed by atoms with Crippen LogP contribution in [0.3, 0.4) is 0 Å². The Balaban J connectivity index is 2.23. The molecule has 3 rings (SSSR count). The molecule has 0 fully saturated rings. The second-order valence-electron chi connectivity index (χ2n) is 3.43. The van der Waals surface area contributed by atoms with E-state index < -0.39 is 0 Å². The quantitative estimate of drug-likeness (QED) is 0.650. The van der Waals surface area contributed by atoms with Gasteiger partial charge in [0.15, 0.2) is 0 Å². The van der Waals surface area contributed by atoms with E-state index in [1.807, 2.05) is 36.4 Å². The smallest absolute Gasteiger partial charge is 0.143 e. The SMILES string of the molecule is Nc1cccc2nc(-c3ccccn3)sc12. The number of hydrogen-bond acceptors (Lipinski definition) is 4. The number of nitrogen functional groups attached to an aromatic ring is 1. The number of thiazole rings is 1. The summed E-state index contributed by atoms with van der Waals surface area (Å²) in [5.41, 5.74) is 8.50. The molecule has 3 aromatic rings. The zero-order valence-corrected chi connectivity index (χ0v) is 9.24. The fourth-order valence-electron chi connectivity index (χ4n) is 1.57. The third-order valence-electron chi connectivity index (χ3n) is 2.33. The van der Waals surface area contributed by atoms with Crippen LogP contribution in [0.4, 0.5) is 5.69 Å².